The van der Waals surface area contributed by atoms with Crippen LogP contribution in [0.4, 0.5) is 11.4 Å². The third-order valence-corrected chi connectivity index (χ3v) is 3.77. The summed E-state index contributed by atoms with van der Waals surface area (Å²) in [4.78, 5) is 2.32. The molecule has 2 heterocycles. The van der Waals surface area contributed by atoms with Crippen LogP contribution < -0.4 is 15.4 Å². The molecule has 0 radical (unpaired) electrons. The molecule has 2 atom stereocenters. The molecule has 3 N–H and O–H groups in total. The van der Waals surface area contributed by atoms with Crippen molar-refractivity contribution < 1.29 is 9.84 Å². The second-order valence-electron chi connectivity index (χ2n) is 4.87. The largest absolute Gasteiger partial charge is 0.489 e. The van der Waals surface area contributed by atoms with E-state index in [0.29, 0.717) is 12.6 Å². The second kappa shape index (κ2) is 4.11. The van der Waals surface area contributed by atoms with Gasteiger partial charge in [-0.1, -0.05) is 0 Å². The molecule has 0 spiro atoms. The highest BCUT2D eigenvalue weighted by molar-refractivity contribution is 5.66. The standard InChI is InChI=1S/C13H18N2O2/c14-9-4-5-12-13(6-9)17-8-11-3-1-2-10(7-16)15(11)12/h4-6,10-11,16H,1-3,7-8,14H2. The Bertz CT molecular complexity index is 422. The van der Waals surface area contributed by atoms with E-state index in [4.69, 9.17) is 10.5 Å². The Balaban J connectivity index is 2.01. The van der Waals surface area contributed by atoms with Crippen molar-refractivity contribution in [2.45, 2.75) is 31.3 Å². The molecular weight excluding hydrogens is 216 g/mol. The molecule has 0 aromatic heterocycles. The first-order chi connectivity index (χ1) is 8.29. The van der Waals surface area contributed by atoms with E-state index in [1.54, 1.807) is 0 Å². The van der Waals surface area contributed by atoms with E-state index < -0.39 is 0 Å². The highest BCUT2D eigenvalue weighted by atomic mass is 16.5. The summed E-state index contributed by atoms with van der Waals surface area (Å²) in [6.45, 7) is 0.910. The molecule has 0 bridgehead atoms. The van der Waals surface area contributed by atoms with Gasteiger partial charge in [0.15, 0.2) is 0 Å². The third-order valence-electron chi connectivity index (χ3n) is 3.77. The monoisotopic (exact) mass is 234 g/mol. The number of nitrogen functional groups attached to an aromatic ring is 1. The average Bonchev–Trinajstić information content (AvgIpc) is 2.37. The van der Waals surface area contributed by atoms with Crippen LogP contribution >= 0.6 is 0 Å². The summed E-state index contributed by atoms with van der Waals surface area (Å²) in [7, 11) is 0. The first-order valence-corrected chi connectivity index (χ1v) is 6.21. The van der Waals surface area contributed by atoms with E-state index in [1.807, 2.05) is 18.2 Å². The van der Waals surface area contributed by atoms with Crippen molar-refractivity contribution in [2.24, 2.45) is 0 Å². The Labute approximate surface area is 101 Å². The summed E-state index contributed by atoms with van der Waals surface area (Å²) >= 11 is 0. The van der Waals surface area contributed by atoms with Crippen molar-refractivity contribution >= 4 is 11.4 Å². The van der Waals surface area contributed by atoms with Gasteiger partial charge in [-0.15, -0.1) is 0 Å². The summed E-state index contributed by atoms with van der Waals surface area (Å²) in [5.74, 6) is 0.849. The van der Waals surface area contributed by atoms with Crippen molar-refractivity contribution in [2.75, 3.05) is 23.8 Å². The molecule has 92 valence electrons. The van der Waals surface area contributed by atoms with Crippen LogP contribution in [-0.2, 0) is 0 Å². The van der Waals surface area contributed by atoms with Gasteiger partial charge in [-0.05, 0) is 31.4 Å². The number of rotatable bonds is 1. The Morgan fingerprint density at radius 2 is 2.29 bits per heavy atom. The number of hydrogen-bond donors (Lipinski definition) is 2. The highest BCUT2D eigenvalue weighted by Crippen LogP contribution is 2.40. The molecule has 2 aliphatic rings. The lowest BCUT2D eigenvalue weighted by Crippen LogP contribution is -2.53. The normalized spacial score (nSPS) is 27.0. The average molecular weight is 234 g/mol. The van der Waals surface area contributed by atoms with E-state index in [9.17, 15) is 5.11 Å². The lowest BCUT2D eigenvalue weighted by atomic mass is 9.94. The zero-order valence-corrected chi connectivity index (χ0v) is 9.80. The first-order valence-electron chi connectivity index (χ1n) is 6.21. The van der Waals surface area contributed by atoms with Gasteiger partial charge < -0.3 is 20.5 Å². The SMILES string of the molecule is Nc1ccc2c(c1)OCC1CCCC(CO)N21. The minimum Gasteiger partial charge on any atom is -0.489 e. The minimum atomic E-state index is 0.209. The number of hydrogen-bond acceptors (Lipinski definition) is 4. The number of nitrogens with two attached hydrogens (primary N) is 1. The maximum atomic E-state index is 9.50. The fraction of sp³-hybridized carbons (Fsp3) is 0.538. The maximum absolute atomic E-state index is 9.50. The summed E-state index contributed by atoms with van der Waals surface area (Å²) in [5.41, 5.74) is 7.57. The number of nitrogens with zero attached hydrogens (tertiary/aromatic N) is 1. The van der Waals surface area contributed by atoms with Crippen LogP contribution in [0.25, 0.3) is 0 Å². The maximum Gasteiger partial charge on any atom is 0.144 e. The summed E-state index contributed by atoms with van der Waals surface area (Å²) in [5, 5.41) is 9.50. The molecule has 1 fully saturated rings. The number of benzene rings is 1. The number of aliphatic hydroxyl groups excluding tert-OH is 1. The lowest BCUT2D eigenvalue weighted by molar-refractivity contribution is 0.182. The van der Waals surface area contributed by atoms with Crippen LogP contribution in [0.1, 0.15) is 19.3 Å². The minimum absolute atomic E-state index is 0.209. The number of aliphatic hydroxyl groups is 1. The third kappa shape index (κ3) is 1.72. The van der Waals surface area contributed by atoms with Gasteiger partial charge in [0, 0.05) is 11.8 Å². The molecule has 4 heteroatoms. The molecule has 0 amide bonds. The van der Waals surface area contributed by atoms with Gasteiger partial charge >= 0.3 is 0 Å². The summed E-state index contributed by atoms with van der Waals surface area (Å²) in [6, 6.07) is 6.39. The van der Waals surface area contributed by atoms with E-state index >= 15 is 0 Å². The fourth-order valence-electron chi connectivity index (χ4n) is 2.95. The molecule has 2 unspecified atom stereocenters. The number of ether oxygens (including phenoxy) is 1. The Morgan fingerprint density at radius 1 is 1.41 bits per heavy atom. The van der Waals surface area contributed by atoms with Gasteiger partial charge in [0.25, 0.3) is 0 Å². The summed E-state index contributed by atoms with van der Waals surface area (Å²) in [6.07, 6.45) is 3.36. The van der Waals surface area contributed by atoms with Crippen molar-refractivity contribution in [3.05, 3.63) is 18.2 Å². The Hall–Kier alpha value is -1.42. The second-order valence-corrected chi connectivity index (χ2v) is 4.87. The van der Waals surface area contributed by atoms with Crippen LogP contribution in [0.2, 0.25) is 0 Å². The van der Waals surface area contributed by atoms with E-state index in [-0.39, 0.29) is 12.6 Å². The molecule has 0 saturated carbocycles. The molecule has 1 saturated heterocycles. The van der Waals surface area contributed by atoms with Crippen molar-refractivity contribution in [1.82, 2.24) is 0 Å². The van der Waals surface area contributed by atoms with Gasteiger partial charge in [-0.25, -0.2) is 0 Å². The highest BCUT2D eigenvalue weighted by Gasteiger charge is 2.35. The molecule has 1 aromatic carbocycles. The van der Waals surface area contributed by atoms with Crippen LogP contribution in [0.5, 0.6) is 5.75 Å². The molecule has 3 rings (SSSR count). The Morgan fingerprint density at radius 3 is 3.12 bits per heavy atom. The van der Waals surface area contributed by atoms with Crippen molar-refractivity contribution in [1.29, 1.82) is 0 Å². The molecular formula is C13H18N2O2. The van der Waals surface area contributed by atoms with E-state index in [1.165, 1.54) is 6.42 Å². The van der Waals surface area contributed by atoms with E-state index in [0.717, 1.165) is 30.0 Å². The lowest BCUT2D eigenvalue weighted by Gasteiger charge is -2.46. The predicted octanol–water partition coefficient (Wildman–Crippen LogP) is 1.38. The van der Waals surface area contributed by atoms with Crippen LogP contribution in [0, 0.1) is 0 Å². The first kappa shape index (κ1) is 10.7. The molecule has 17 heavy (non-hydrogen) atoms. The zero-order chi connectivity index (χ0) is 11.8. The van der Waals surface area contributed by atoms with Gasteiger partial charge in [0.1, 0.15) is 12.4 Å². The molecule has 0 aliphatic carbocycles. The van der Waals surface area contributed by atoms with Gasteiger partial charge in [-0.3, -0.25) is 0 Å². The smallest absolute Gasteiger partial charge is 0.144 e. The van der Waals surface area contributed by atoms with Gasteiger partial charge in [0.05, 0.1) is 24.4 Å². The summed E-state index contributed by atoms with van der Waals surface area (Å²) < 4.78 is 5.76. The fourth-order valence-corrected chi connectivity index (χ4v) is 2.95. The van der Waals surface area contributed by atoms with Crippen molar-refractivity contribution in [3.63, 3.8) is 0 Å². The van der Waals surface area contributed by atoms with Crippen LogP contribution in [-0.4, -0.2) is 30.4 Å². The zero-order valence-electron chi connectivity index (χ0n) is 9.80. The number of piperidine rings is 1. The van der Waals surface area contributed by atoms with E-state index in [2.05, 4.69) is 4.90 Å². The topological polar surface area (TPSA) is 58.7 Å². The van der Waals surface area contributed by atoms with Gasteiger partial charge in [-0.2, -0.15) is 0 Å². The van der Waals surface area contributed by atoms with Crippen LogP contribution in [0.15, 0.2) is 18.2 Å². The van der Waals surface area contributed by atoms with Crippen LogP contribution in [0.3, 0.4) is 0 Å². The number of anilines is 2. The molecule has 2 aliphatic heterocycles. The van der Waals surface area contributed by atoms with Gasteiger partial charge in [0.2, 0.25) is 0 Å². The van der Waals surface area contributed by atoms with Crippen molar-refractivity contribution in [3.8, 4) is 5.75 Å². The quantitative estimate of drug-likeness (QED) is 0.721. The Kier molecular flexibility index (Phi) is 2.59. The number of fused-ring (bicyclic) bond motifs is 3. The predicted molar refractivity (Wildman–Crippen MR) is 67.3 cm³/mol. The molecule has 4 nitrogen and oxygen atoms in total. The molecule has 1 aromatic rings.